The van der Waals surface area contributed by atoms with Gasteiger partial charge in [-0.05, 0) is 85.2 Å². The normalized spacial score (nSPS) is 15.5. The van der Waals surface area contributed by atoms with Gasteiger partial charge in [-0.15, -0.1) is 10.2 Å². The van der Waals surface area contributed by atoms with Crippen LogP contribution in [-0.4, -0.2) is 44.4 Å². The summed E-state index contributed by atoms with van der Waals surface area (Å²) in [5.41, 5.74) is 1.50. The second kappa shape index (κ2) is 10.6. The number of hydrogen-bond donors (Lipinski definition) is 1. The van der Waals surface area contributed by atoms with Crippen LogP contribution in [0.4, 0.5) is 10.1 Å². The molecule has 1 fully saturated rings. The number of carbonyl (C=O) groups excluding carboxylic acids is 1. The molecular formula is C23H25BrFN5OS. The van der Waals surface area contributed by atoms with Gasteiger partial charge in [0.15, 0.2) is 11.0 Å². The molecule has 1 unspecified atom stereocenters. The highest BCUT2D eigenvalue weighted by Crippen LogP contribution is 2.30. The molecule has 1 aromatic heterocycles. The van der Waals surface area contributed by atoms with Gasteiger partial charge in [-0.1, -0.05) is 30.3 Å². The number of carbonyl (C=O) groups is 1. The number of amides is 1. The molecule has 0 bridgehead atoms. The summed E-state index contributed by atoms with van der Waals surface area (Å²) in [4.78, 5) is 15.0. The van der Waals surface area contributed by atoms with E-state index in [0.717, 1.165) is 34.8 Å². The Balaban J connectivity index is 1.56. The quantitative estimate of drug-likeness (QED) is 0.422. The first-order valence-electron chi connectivity index (χ1n) is 10.7. The van der Waals surface area contributed by atoms with Crippen LogP contribution >= 0.6 is 27.7 Å². The molecule has 1 aliphatic heterocycles. The second-order valence-corrected chi connectivity index (χ2v) is 9.54. The highest BCUT2D eigenvalue weighted by atomic mass is 79.9. The molecule has 1 atom stereocenters. The van der Waals surface area contributed by atoms with E-state index in [9.17, 15) is 9.18 Å². The maximum absolute atomic E-state index is 13.6. The number of anilines is 1. The first-order valence-corrected chi connectivity index (χ1v) is 12.4. The van der Waals surface area contributed by atoms with E-state index in [1.807, 2.05) is 28.8 Å². The third-order valence-corrected chi connectivity index (χ3v) is 7.16. The third-order valence-electron chi connectivity index (χ3n) is 5.54. The van der Waals surface area contributed by atoms with Gasteiger partial charge in [0.2, 0.25) is 5.91 Å². The number of aromatic nitrogens is 3. The van der Waals surface area contributed by atoms with Crippen molar-refractivity contribution in [3.8, 4) is 5.69 Å². The van der Waals surface area contributed by atoms with Crippen LogP contribution in [0.2, 0.25) is 0 Å². The molecule has 2 heterocycles. The van der Waals surface area contributed by atoms with Crippen molar-refractivity contribution >= 4 is 39.3 Å². The molecule has 1 N–H and O–H groups in total. The highest BCUT2D eigenvalue weighted by Gasteiger charge is 2.26. The fourth-order valence-electron chi connectivity index (χ4n) is 3.83. The van der Waals surface area contributed by atoms with Crippen molar-refractivity contribution < 1.29 is 9.18 Å². The van der Waals surface area contributed by atoms with Gasteiger partial charge in [0.1, 0.15) is 5.82 Å². The molecule has 1 aliphatic rings. The number of piperidine rings is 1. The molecule has 1 amide bonds. The Hall–Kier alpha value is -2.23. The Morgan fingerprint density at radius 3 is 2.56 bits per heavy atom. The van der Waals surface area contributed by atoms with Crippen molar-refractivity contribution in [3.05, 3.63) is 64.6 Å². The average Bonchev–Trinajstić information content (AvgIpc) is 3.24. The summed E-state index contributed by atoms with van der Waals surface area (Å²) < 4.78 is 16.3. The molecule has 168 valence electrons. The third kappa shape index (κ3) is 5.39. The van der Waals surface area contributed by atoms with Crippen LogP contribution in [0.15, 0.2) is 58.2 Å². The Kier molecular flexibility index (Phi) is 7.59. The molecule has 1 saturated heterocycles. The molecule has 6 nitrogen and oxygen atoms in total. The van der Waals surface area contributed by atoms with Gasteiger partial charge in [0.25, 0.3) is 0 Å². The zero-order valence-corrected chi connectivity index (χ0v) is 20.2. The molecule has 4 rings (SSSR count). The molecule has 3 aromatic rings. The fraction of sp³-hybridized carbons (Fsp3) is 0.348. The molecule has 0 radical (unpaired) electrons. The minimum absolute atomic E-state index is 0.0660. The second-order valence-electron chi connectivity index (χ2n) is 7.74. The van der Waals surface area contributed by atoms with Crippen LogP contribution in [0.25, 0.3) is 5.69 Å². The number of benzene rings is 2. The smallest absolute Gasteiger partial charge is 0.234 e. The van der Waals surface area contributed by atoms with Gasteiger partial charge in [-0.3, -0.25) is 14.3 Å². The lowest BCUT2D eigenvalue weighted by Gasteiger charge is -2.31. The van der Waals surface area contributed by atoms with Gasteiger partial charge in [-0.2, -0.15) is 0 Å². The molecule has 32 heavy (non-hydrogen) atoms. The van der Waals surface area contributed by atoms with Gasteiger partial charge in [0.05, 0.1) is 17.5 Å². The minimum Gasteiger partial charge on any atom is -0.324 e. The predicted octanol–water partition coefficient (Wildman–Crippen LogP) is 5.45. The summed E-state index contributed by atoms with van der Waals surface area (Å²) in [6, 6.07) is 13.8. The van der Waals surface area contributed by atoms with Crippen LogP contribution in [0.1, 0.15) is 38.1 Å². The summed E-state index contributed by atoms with van der Waals surface area (Å²) in [7, 11) is 0. The van der Waals surface area contributed by atoms with E-state index >= 15 is 0 Å². The standard InChI is InChI=1S/C23H25BrFN5OS/c1-16(29-13-5-2-6-14-29)22-27-28-23(30(22)18-11-9-17(25)10-12-18)32-15-21(31)26-20-8-4-3-7-19(20)24/h3-4,7-12,16H,2,5-6,13-15H2,1H3,(H,26,31). The fourth-order valence-corrected chi connectivity index (χ4v) is 4.97. The van der Waals surface area contributed by atoms with E-state index in [1.54, 1.807) is 12.1 Å². The maximum atomic E-state index is 13.6. The summed E-state index contributed by atoms with van der Waals surface area (Å²) in [6.45, 7) is 4.17. The molecule has 0 aliphatic carbocycles. The minimum atomic E-state index is -0.297. The van der Waals surface area contributed by atoms with E-state index in [2.05, 4.69) is 43.3 Å². The van der Waals surface area contributed by atoms with Crippen molar-refractivity contribution in [2.45, 2.75) is 37.4 Å². The van der Waals surface area contributed by atoms with Crippen LogP contribution in [0.3, 0.4) is 0 Å². The molecule has 0 spiro atoms. The number of thioether (sulfide) groups is 1. The van der Waals surface area contributed by atoms with Gasteiger partial charge in [-0.25, -0.2) is 4.39 Å². The van der Waals surface area contributed by atoms with E-state index in [4.69, 9.17) is 0 Å². The number of rotatable bonds is 7. The Morgan fingerprint density at radius 1 is 1.12 bits per heavy atom. The van der Waals surface area contributed by atoms with Gasteiger partial charge >= 0.3 is 0 Å². The Morgan fingerprint density at radius 2 is 1.84 bits per heavy atom. The molecule has 9 heteroatoms. The van der Waals surface area contributed by atoms with Crippen molar-refractivity contribution in [1.29, 1.82) is 0 Å². The van der Waals surface area contributed by atoms with Crippen molar-refractivity contribution in [1.82, 2.24) is 19.7 Å². The predicted molar refractivity (Wildman–Crippen MR) is 129 cm³/mol. The van der Waals surface area contributed by atoms with Crippen LogP contribution in [0, 0.1) is 5.82 Å². The number of nitrogens with one attached hydrogen (secondary N) is 1. The number of para-hydroxylation sites is 1. The lowest BCUT2D eigenvalue weighted by molar-refractivity contribution is -0.113. The summed E-state index contributed by atoms with van der Waals surface area (Å²) in [5.74, 6) is 0.543. The van der Waals surface area contributed by atoms with Crippen LogP contribution in [0.5, 0.6) is 0 Å². The lowest BCUT2D eigenvalue weighted by atomic mass is 10.1. The SMILES string of the molecule is CC(c1nnc(SCC(=O)Nc2ccccc2Br)n1-c1ccc(F)cc1)N1CCCCC1. The molecular weight excluding hydrogens is 493 g/mol. The largest absolute Gasteiger partial charge is 0.324 e. The number of nitrogens with zero attached hydrogens (tertiary/aromatic N) is 4. The topological polar surface area (TPSA) is 63.1 Å². The summed E-state index contributed by atoms with van der Waals surface area (Å²) >= 11 is 4.76. The van der Waals surface area contributed by atoms with E-state index in [-0.39, 0.29) is 23.5 Å². The Labute approximate surface area is 199 Å². The summed E-state index contributed by atoms with van der Waals surface area (Å²) in [5, 5.41) is 12.4. The van der Waals surface area contributed by atoms with Crippen molar-refractivity contribution in [3.63, 3.8) is 0 Å². The maximum Gasteiger partial charge on any atom is 0.234 e. The first-order chi connectivity index (χ1) is 15.5. The number of halogens is 2. The Bertz CT molecular complexity index is 1070. The summed E-state index contributed by atoms with van der Waals surface area (Å²) in [6.07, 6.45) is 3.60. The zero-order valence-electron chi connectivity index (χ0n) is 17.8. The van der Waals surface area contributed by atoms with E-state index < -0.39 is 0 Å². The average molecular weight is 518 g/mol. The number of likely N-dealkylation sites (tertiary alicyclic amines) is 1. The molecule has 2 aromatic carbocycles. The van der Waals surface area contributed by atoms with E-state index in [0.29, 0.717) is 5.16 Å². The van der Waals surface area contributed by atoms with Crippen LogP contribution < -0.4 is 5.32 Å². The molecule has 0 saturated carbocycles. The van der Waals surface area contributed by atoms with Crippen molar-refractivity contribution in [2.75, 3.05) is 24.2 Å². The van der Waals surface area contributed by atoms with Crippen molar-refractivity contribution in [2.24, 2.45) is 0 Å². The van der Waals surface area contributed by atoms with Gasteiger partial charge in [0, 0.05) is 10.2 Å². The number of hydrogen-bond acceptors (Lipinski definition) is 5. The first kappa shape index (κ1) is 22.9. The van der Waals surface area contributed by atoms with E-state index in [1.165, 1.54) is 43.2 Å². The monoisotopic (exact) mass is 517 g/mol. The zero-order chi connectivity index (χ0) is 22.5. The van der Waals surface area contributed by atoms with Gasteiger partial charge < -0.3 is 5.32 Å². The lowest BCUT2D eigenvalue weighted by Crippen LogP contribution is -2.33. The highest BCUT2D eigenvalue weighted by molar-refractivity contribution is 9.10. The van der Waals surface area contributed by atoms with Crippen LogP contribution in [-0.2, 0) is 4.79 Å².